The van der Waals surface area contributed by atoms with Gasteiger partial charge in [-0.3, -0.25) is 0 Å². The Balaban J connectivity index is 1.73. The van der Waals surface area contributed by atoms with Gasteiger partial charge in [-0.25, -0.2) is 0 Å². The third kappa shape index (κ3) is 3.09. The Labute approximate surface area is 122 Å². The summed E-state index contributed by atoms with van der Waals surface area (Å²) in [5.41, 5.74) is 3.11. The van der Waals surface area contributed by atoms with E-state index >= 15 is 0 Å². The first-order chi connectivity index (χ1) is 9.64. The Morgan fingerprint density at radius 3 is 2.65 bits per heavy atom. The van der Waals surface area contributed by atoms with Crippen LogP contribution >= 0.6 is 0 Å². The SMILES string of the molecule is CC1(C)CCC(Nc2ccccc2N2CCOCC2)C1. The molecule has 1 aliphatic carbocycles. The minimum Gasteiger partial charge on any atom is -0.381 e. The number of rotatable bonds is 3. The molecule has 0 radical (unpaired) electrons. The van der Waals surface area contributed by atoms with Crippen LogP contribution in [0.25, 0.3) is 0 Å². The van der Waals surface area contributed by atoms with Gasteiger partial charge in [-0.1, -0.05) is 26.0 Å². The monoisotopic (exact) mass is 274 g/mol. The maximum absolute atomic E-state index is 5.46. The molecular formula is C17H26N2O. The molecule has 1 atom stereocenters. The van der Waals surface area contributed by atoms with Crippen LogP contribution in [0, 0.1) is 5.41 Å². The summed E-state index contributed by atoms with van der Waals surface area (Å²) < 4.78 is 5.46. The van der Waals surface area contributed by atoms with Crippen molar-refractivity contribution in [3.63, 3.8) is 0 Å². The van der Waals surface area contributed by atoms with E-state index in [0.717, 1.165) is 26.3 Å². The smallest absolute Gasteiger partial charge is 0.0642 e. The first kappa shape index (κ1) is 13.7. The van der Waals surface area contributed by atoms with E-state index in [0.29, 0.717) is 11.5 Å². The highest BCUT2D eigenvalue weighted by molar-refractivity contribution is 5.70. The average molecular weight is 274 g/mol. The Hall–Kier alpha value is -1.22. The van der Waals surface area contributed by atoms with Gasteiger partial charge in [0, 0.05) is 19.1 Å². The number of anilines is 2. The zero-order valence-corrected chi connectivity index (χ0v) is 12.7. The second-order valence-corrected chi connectivity index (χ2v) is 6.86. The Kier molecular flexibility index (Phi) is 3.88. The lowest BCUT2D eigenvalue weighted by Gasteiger charge is -2.31. The van der Waals surface area contributed by atoms with Gasteiger partial charge in [0.2, 0.25) is 0 Å². The molecule has 3 heteroatoms. The van der Waals surface area contributed by atoms with E-state index in [2.05, 4.69) is 48.3 Å². The second kappa shape index (κ2) is 5.65. The van der Waals surface area contributed by atoms with Crippen molar-refractivity contribution in [1.29, 1.82) is 0 Å². The quantitative estimate of drug-likeness (QED) is 0.913. The van der Waals surface area contributed by atoms with E-state index in [1.165, 1.54) is 30.6 Å². The second-order valence-electron chi connectivity index (χ2n) is 6.86. The normalized spacial score (nSPS) is 25.7. The van der Waals surface area contributed by atoms with Crippen molar-refractivity contribution in [3.8, 4) is 0 Å². The lowest BCUT2D eigenvalue weighted by Crippen LogP contribution is -2.36. The van der Waals surface area contributed by atoms with Gasteiger partial charge in [0.15, 0.2) is 0 Å². The molecule has 1 aromatic rings. The van der Waals surface area contributed by atoms with Crippen molar-refractivity contribution in [2.75, 3.05) is 36.5 Å². The van der Waals surface area contributed by atoms with Crippen molar-refractivity contribution in [2.24, 2.45) is 5.41 Å². The molecule has 0 aromatic heterocycles. The fraction of sp³-hybridized carbons (Fsp3) is 0.647. The van der Waals surface area contributed by atoms with Crippen LogP contribution in [0.3, 0.4) is 0 Å². The minimum atomic E-state index is 0.492. The van der Waals surface area contributed by atoms with E-state index in [1.54, 1.807) is 0 Å². The zero-order valence-electron chi connectivity index (χ0n) is 12.7. The van der Waals surface area contributed by atoms with Crippen molar-refractivity contribution in [1.82, 2.24) is 0 Å². The van der Waals surface area contributed by atoms with E-state index in [4.69, 9.17) is 4.74 Å². The van der Waals surface area contributed by atoms with Gasteiger partial charge in [0.1, 0.15) is 0 Å². The van der Waals surface area contributed by atoms with Crippen LogP contribution in [0.15, 0.2) is 24.3 Å². The van der Waals surface area contributed by atoms with Crippen LogP contribution in [-0.2, 0) is 4.74 Å². The number of morpholine rings is 1. The summed E-state index contributed by atoms with van der Waals surface area (Å²) in [5, 5.41) is 3.78. The zero-order chi connectivity index (χ0) is 14.0. The number of hydrogen-bond acceptors (Lipinski definition) is 3. The van der Waals surface area contributed by atoms with E-state index < -0.39 is 0 Å². The highest BCUT2D eigenvalue weighted by Gasteiger charge is 2.31. The molecule has 1 unspecified atom stereocenters. The molecule has 0 spiro atoms. The van der Waals surface area contributed by atoms with Crippen LogP contribution < -0.4 is 10.2 Å². The molecule has 1 heterocycles. The molecule has 110 valence electrons. The number of nitrogens with zero attached hydrogens (tertiary/aromatic N) is 1. The maximum atomic E-state index is 5.46. The van der Waals surface area contributed by atoms with Gasteiger partial charge in [-0.05, 0) is 36.8 Å². The largest absolute Gasteiger partial charge is 0.381 e. The number of para-hydroxylation sites is 2. The molecule has 1 saturated carbocycles. The fourth-order valence-electron chi connectivity index (χ4n) is 3.45. The average Bonchev–Trinajstić information content (AvgIpc) is 2.79. The summed E-state index contributed by atoms with van der Waals surface area (Å²) in [7, 11) is 0. The van der Waals surface area contributed by atoms with Crippen molar-refractivity contribution >= 4 is 11.4 Å². The highest BCUT2D eigenvalue weighted by Crippen LogP contribution is 2.39. The Bertz CT molecular complexity index is 452. The topological polar surface area (TPSA) is 24.5 Å². The first-order valence-electron chi connectivity index (χ1n) is 7.82. The number of nitrogens with one attached hydrogen (secondary N) is 1. The molecule has 2 aliphatic rings. The molecule has 20 heavy (non-hydrogen) atoms. The molecule has 1 N–H and O–H groups in total. The van der Waals surface area contributed by atoms with Crippen molar-refractivity contribution in [3.05, 3.63) is 24.3 Å². The van der Waals surface area contributed by atoms with E-state index in [-0.39, 0.29) is 0 Å². The predicted molar refractivity (Wildman–Crippen MR) is 84.5 cm³/mol. The van der Waals surface area contributed by atoms with Crippen LogP contribution in [-0.4, -0.2) is 32.3 Å². The first-order valence-corrected chi connectivity index (χ1v) is 7.82. The molecule has 0 amide bonds. The molecule has 0 bridgehead atoms. The Morgan fingerprint density at radius 1 is 1.20 bits per heavy atom. The third-order valence-electron chi connectivity index (χ3n) is 4.58. The van der Waals surface area contributed by atoms with Gasteiger partial charge in [-0.15, -0.1) is 0 Å². The molecule has 1 aromatic carbocycles. The lowest BCUT2D eigenvalue weighted by molar-refractivity contribution is 0.123. The molecular weight excluding hydrogens is 248 g/mol. The van der Waals surface area contributed by atoms with E-state index in [1.807, 2.05) is 0 Å². The number of benzene rings is 1. The van der Waals surface area contributed by atoms with Crippen LogP contribution in [0.5, 0.6) is 0 Å². The number of ether oxygens (including phenoxy) is 1. The van der Waals surface area contributed by atoms with Crippen LogP contribution in [0.4, 0.5) is 11.4 Å². The van der Waals surface area contributed by atoms with Gasteiger partial charge in [-0.2, -0.15) is 0 Å². The van der Waals surface area contributed by atoms with Gasteiger partial charge >= 0.3 is 0 Å². The molecule has 3 nitrogen and oxygen atoms in total. The number of hydrogen-bond donors (Lipinski definition) is 1. The third-order valence-corrected chi connectivity index (χ3v) is 4.58. The van der Waals surface area contributed by atoms with Gasteiger partial charge < -0.3 is 15.0 Å². The standard InChI is InChI=1S/C17H26N2O/c1-17(2)8-7-14(13-17)18-15-5-3-4-6-16(15)19-9-11-20-12-10-19/h3-6,14,18H,7-13H2,1-2H3. The van der Waals surface area contributed by atoms with Crippen molar-refractivity contribution < 1.29 is 4.74 Å². The van der Waals surface area contributed by atoms with E-state index in [9.17, 15) is 0 Å². The fourth-order valence-corrected chi connectivity index (χ4v) is 3.45. The highest BCUT2D eigenvalue weighted by atomic mass is 16.5. The van der Waals surface area contributed by atoms with Crippen LogP contribution in [0.2, 0.25) is 0 Å². The maximum Gasteiger partial charge on any atom is 0.0642 e. The summed E-state index contributed by atoms with van der Waals surface area (Å²) in [5.74, 6) is 0. The van der Waals surface area contributed by atoms with Gasteiger partial charge in [0.25, 0.3) is 0 Å². The molecule has 1 aliphatic heterocycles. The summed E-state index contributed by atoms with van der Waals surface area (Å²) in [4.78, 5) is 2.44. The molecule has 1 saturated heterocycles. The summed E-state index contributed by atoms with van der Waals surface area (Å²) >= 11 is 0. The minimum absolute atomic E-state index is 0.492. The van der Waals surface area contributed by atoms with Crippen molar-refractivity contribution in [2.45, 2.75) is 39.2 Å². The van der Waals surface area contributed by atoms with Gasteiger partial charge in [0.05, 0.1) is 24.6 Å². The predicted octanol–water partition coefficient (Wildman–Crippen LogP) is 3.51. The Morgan fingerprint density at radius 2 is 1.95 bits per heavy atom. The molecule has 3 rings (SSSR count). The summed E-state index contributed by atoms with van der Waals surface area (Å²) in [6.07, 6.45) is 3.87. The lowest BCUT2D eigenvalue weighted by atomic mass is 9.92. The van der Waals surface area contributed by atoms with Crippen LogP contribution in [0.1, 0.15) is 33.1 Å². The molecule has 2 fully saturated rings. The summed E-state index contributed by atoms with van der Waals surface area (Å²) in [6.45, 7) is 8.42. The summed E-state index contributed by atoms with van der Waals surface area (Å²) in [6, 6.07) is 9.33.